The first-order valence-corrected chi connectivity index (χ1v) is 10.8. The van der Waals surface area contributed by atoms with E-state index in [0.29, 0.717) is 18.0 Å². The number of nitrogens with one attached hydrogen (secondary N) is 1. The molecule has 0 atom stereocenters. The fourth-order valence-electron chi connectivity index (χ4n) is 3.00. The average Bonchev–Trinajstić information content (AvgIpc) is 3.22. The molecule has 0 bridgehead atoms. The van der Waals surface area contributed by atoms with Crippen molar-refractivity contribution in [3.63, 3.8) is 0 Å². The first kappa shape index (κ1) is 19.8. The highest BCUT2D eigenvalue weighted by Gasteiger charge is 2.16. The van der Waals surface area contributed by atoms with Crippen LogP contribution in [0.3, 0.4) is 0 Å². The molecule has 0 unspecified atom stereocenters. The van der Waals surface area contributed by atoms with E-state index in [1.54, 1.807) is 11.8 Å². The molecule has 0 aliphatic heterocycles. The molecule has 0 radical (unpaired) electrons. The minimum absolute atomic E-state index is 0.0593. The standard InChI is InChI=1S/C18H24N6OS2/c1-6-26-18-23-22-17(27-18)21-15(25)8-7-13-11(4)14-9-19-24(10(2)3)16(14)20-12(13)5/h9-10H,6-8H2,1-5H3,(H,21,22,25). The number of hydrogen-bond acceptors (Lipinski definition) is 7. The van der Waals surface area contributed by atoms with Crippen LogP contribution in [0.2, 0.25) is 0 Å². The van der Waals surface area contributed by atoms with Crippen LogP contribution in [0.1, 0.15) is 50.1 Å². The summed E-state index contributed by atoms with van der Waals surface area (Å²) < 4.78 is 2.81. The second-order valence-electron chi connectivity index (χ2n) is 6.58. The van der Waals surface area contributed by atoms with Crippen LogP contribution >= 0.6 is 23.1 Å². The highest BCUT2D eigenvalue weighted by molar-refractivity contribution is 8.01. The molecule has 27 heavy (non-hydrogen) atoms. The Hall–Kier alpha value is -2.00. The van der Waals surface area contributed by atoms with Crippen LogP contribution in [-0.2, 0) is 11.2 Å². The number of carbonyl (C=O) groups is 1. The summed E-state index contributed by atoms with van der Waals surface area (Å²) in [5, 5.41) is 17.0. The van der Waals surface area contributed by atoms with Crippen LogP contribution in [0.25, 0.3) is 11.0 Å². The average molecular weight is 405 g/mol. The molecule has 0 saturated carbocycles. The number of anilines is 1. The largest absolute Gasteiger partial charge is 0.300 e. The number of fused-ring (bicyclic) bond motifs is 1. The van der Waals surface area contributed by atoms with E-state index in [2.05, 4.69) is 48.3 Å². The van der Waals surface area contributed by atoms with Gasteiger partial charge in [-0.05, 0) is 51.0 Å². The number of thioether (sulfide) groups is 1. The zero-order chi connectivity index (χ0) is 19.6. The van der Waals surface area contributed by atoms with Gasteiger partial charge in [0.05, 0.1) is 6.20 Å². The predicted molar refractivity (Wildman–Crippen MR) is 111 cm³/mol. The Morgan fingerprint density at radius 3 is 2.81 bits per heavy atom. The summed E-state index contributed by atoms with van der Waals surface area (Å²) in [7, 11) is 0. The van der Waals surface area contributed by atoms with Gasteiger partial charge in [0.1, 0.15) is 0 Å². The fraction of sp³-hybridized carbons (Fsp3) is 0.500. The van der Waals surface area contributed by atoms with Crippen LogP contribution in [0.15, 0.2) is 10.5 Å². The number of carbonyl (C=O) groups excluding carboxylic acids is 1. The minimum atomic E-state index is -0.0593. The molecule has 9 heteroatoms. The Morgan fingerprint density at radius 1 is 1.33 bits per heavy atom. The van der Waals surface area contributed by atoms with Gasteiger partial charge in [0.2, 0.25) is 11.0 Å². The number of aromatic nitrogens is 5. The lowest BCUT2D eigenvalue weighted by Crippen LogP contribution is -2.13. The van der Waals surface area contributed by atoms with Crippen molar-refractivity contribution in [1.82, 2.24) is 25.0 Å². The Kier molecular flexibility index (Phi) is 6.11. The van der Waals surface area contributed by atoms with Crippen LogP contribution in [-0.4, -0.2) is 36.6 Å². The number of pyridine rings is 1. The SMILES string of the molecule is CCSc1nnc(NC(=O)CCc2c(C)nc3c(cnn3C(C)C)c2C)s1. The zero-order valence-electron chi connectivity index (χ0n) is 16.2. The molecule has 144 valence electrons. The Balaban J connectivity index is 1.71. The summed E-state index contributed by atoms with van der Waals surface area (Å²) in [5.41, 5.74) is 4.12. The Morgan fingerprint density at radius 2 is 2.11 bits per heavy atom. The van der Waals surface area contributed by atoms with Gasteiger partial charge in [0, 0.05) is 23.5 Å². The van der Waals surface area contributed by atoms with Gasteiger partial charge in [-0.3, -0.25) is 4.79 Å². The molecule has 0 aromatic carbocycles. The molecular weight excluding hydrogens is 380 g/mol. The third-order valence-corrected chi connectivity index (χ3v) is 6.20. The smallest absolute Gasteiger partial charge is 0.226 e. The molecule has 0 saturated heterocycles. The first-order valence-electron chi connectivity index (χ1n) is 9.00. The maximum Gasteiger partial charge on any atom is 0.226 e. The van der Waals surface area contributed by atoms with Gasteiger partial charge in [0.15, 0.2) is 9.99 Å². The summed E-state index contributed by atoms with van der Waals surface area (Å²) >= 11 is 3.03. The van der Waals surface area contributed by atoms with Gasteiger partial charge in [-0.15, -0.1) is 10.2 Å². The van der Waals surface area contributed by atoms with Crippen molar-refractivity contribution in [3.8, 4) is 0 Å². The number of aryl methyl sites for hydroxylation is 2. The summed E-state index contributed by atoms with van der Waals surface area (Å²) in [6.07, 6.45) is 2.88. The first-order chi connectivity index (χ1) is 12.9. The van der Waals surface area contributed by atoms with E-state index in [1.807, 2.05) is 17.8 Å². The quantitative estimate of drug-likeness (QED) is 0.470. The number of amides is 1. The zero-order valence-corrected chi connectivity index (χ0v) is 17.9. The molecule has 0 spiro atoms. The summed E-state index contributed by atoms with van der Waals surface area (Å²) in [5.74, 6) is 0.875. The lowest BCUT2D eigenvalue weighted by atomic mass is 10.0. The normalized spacial score (nSPS) is 11.5. The van der Waals surface area contributed by atoms with Crippen LogP contribution in [0.4, 0.5) is 5.13 Å². The third kappa shape index (κ3) is 4.30. The molecule has 1 N–H and O–H groups in total. The molecular formula is C18H24N6OS2. The monoisotopic (exact) mass is 404 g/mol. The minimum Gasteiger partial charge on any atom is -0.300 e. The number of hydrogen-bond donors (Lipinski definition) is 1. The van der Waals surface area contributed by atoms with E-state index in [0.717, 1.165) is 37.9 Å². The molecule has 0 fully saturated rings. The molecule has 1 amide bonds. The van der Waals surface area contributed by atoms with Gasteiger partial charge in [-0.1, -0.05) is 30.0 Å². The van der Waals surface area contributed by atoms with Crippen molar-refractivity contribution in [2.24, 2.45) is 0 Å². The molecule has 3 rings (SSSR count). The summed E-state index contributed by atoms with van der Waals surface area (Å²) in [6.45, 7) is 10.3. The highest BCUT2D eigenvalue weighted by atomic mass is 32.2. The molecule has 0 aliphatic rings. The van der Waals surface area contributed by atoms with E-state index in [-0.39, 0.29) is 11.9 Å². The maximum absolute atomic E-state index is 12.3. The number of nitrogens with zero attached hydrogens (tertiary/aromatic N) is 5. The lowest BCUT2D eigenvalue weighted by molar-refractivity contribution is -0.116. The van der Waals surface area contributed by atoms with Crippen LogP contribution < -0.4 is 5.32 Å². The van der Waals surface area contributed by atoms with E-state index >= 15 is 0 Å². The fourth-order valence-corrected chi connectivity index (χ4v) is 4.67. The third-order valence-electron chi connectivity index (χ3n) is 4.35. The van der Waals surface area contributed by atoms with Gasteiger partial charge >= 0.3 is 0 Å². The van der Waals surface area contributed by atoms with Crippen molar-refractivity contribution in [2.45, 2.75) is 57.8 Å². The van der Waals surface area contributed by atoms with Crippen molar-refractivity contribution in [2.75, 3.05) is 11.1 Å². The van der Waals surface area contributed by atoms with Gasteiger partial charge in [-0.25, -0.2) is 9.67 Å². The van der Waals surface area contributed by atoms with Gasteiger partial charge < -0.3 is 5.32 Å². The van der Waals surface area contributed by atoms with E-state index in [1.165, 1.54) is 11.3 Å². The number of rotatable bonds is 7. The molecule has 0 aliphatic carbocycles. The van der Waals surface area contributed by atoms with Crippen LogP contribution in [0, 0.1) is 13.8 Å². The lowest BCUT2D eigenvalue weighted by Gasteiger charge is -2.12. The van der Waals surface area contributed by atoms with Crippen molar-refractivity contribution in [1.29, 1.82) is 0 Å². The maximum atomic E-state index is 12.3. The van der Waals surface area contributed by atoms with Crippen molar-refractivity contribution >= 4 is 45.2 Å². The Bertz CT molecular complexity index is 962. The van der Waals surface area contributed by atoms with E-state index in [9.17, 15) is 4.79 Å². The molecule has 7 nitrogen and oxygen atoms in total. The summed E-state index contributed by atoms with van der Waals surface area (Å²) in [6, 6.07) is 0.257. The van der Waals surface area contributed by atoms with Crippen LogP contribution in [0.5, 0.6) is 0 Å². The van der Waals surface area contributed by atoms with E-state index in [4.69, 9.17) is 4.98 Å². The predicted octanol–water partition coefficient (Wildman–Crippen LogP) is 4.16. The topological polar surface area (TPSA) is 85.6 Å². The molecule has 3 aromatic rings. The molecule has 3 aromatic heterocycles. The van der Waals surface area contributed by atoms with E-state index < -0.39 is 0 Å². The summed E-state index contributed by atoms with van der Waals surface area (Å²) in [4.78, 5) is 17.1. The van der Waals surface area contributed by atoms with Gasteiger partial charge in [0.25, 0.3) is 0 Å². The van der Waals surface area contributed by atoms with Crippen molar-refractivity contribution in [3.05, 3.63) is 23.0 Å². The second kappa shape index (κ2) is 8.35. The highest BCUT2D eigenvalue weighted by Crippen LogP contribution is 2.27. The van der Waals surface area contributed by atoms with Gasteiger partial charge in [-0.2, -0.15) is 5.10 Å². The Labute approximate surface area is 167 Å². The molecule has 3 heterocycles. The van der Waals surface area contributed by atoms with Crippen molar-refractivity contribution < 1.29 is 4.79 Å². The second-order valence-corrected chi connectivity index (χ2v) is 9.06.